The van der Waals surface area contributed by atoms with Crippen LogP contribution in [0.3, 0.4) is 0 Å². The van der Waals surface area contributed by atoms with Crippen molar-refractivity contribution in [3.05, 3.63) is 48.0 Å². The van der Waals surface area contributed by atoms with Gasteiger partial charge in [0.1, 0.15) is 0 Å². The second kappa shape index (κ2) is 9.76. The van der Waals surface area contributed by atoms with Crippen molar-refractivity contribution in [1.29, 1.82) is 0 Å². The van der Waals surface area contributed by atoms with Crippen molar-refractivity contribution >= 4 is 0 Å². The molecular weight excluding hydrogens is 232 g/mol. The Kier molecular flexibility index (Phi) is 8.19. The quantitative estimate of drug-likeness (QED) is 0.513. The monoisotopic (exact) mass is 260 g/mol. The summed E-state index contributed by atoms with van der Waals surface area (Å²) in [5.41, 5.74) is 2.80. The fourth-order valence-electron chi connectivity index (χ4n) is 2.09. The van der Waals surface area contributed by atoms with Crippen molar-refractivity contribution in [2.45, 2.75) is 33.2 Å². The molecule has 106 valence electrons. The SMILES string of the molecule is C=CCN(CC)Cc1ccc(CCNCCC)cc1. The molecule has 0 amide bonds. The van der Waals surface area contributed by atoms with Crippen LogP contribution >= 0.6 is 0 Å². The van der Waals surface area contributed by atoms with Gasteiger partial charge in [0, 0.05) is 13.1 Å². The first-order chi connectivity index (χ1) is 9.30. The van der Waals surface area contributed by atoms with Gasteiger partial charge in [-0.2, -0.15) is 0 Å². The molecule has 0 spiro atoms. The molecule has 0 heterocycles. The minimum absolute atomic E-state index is 0.958. The molecule has 0 saturated carbocycles. The first-order valence-corrected chi connectivity index (χ1v) is 7.41. The van der Waals surface area contributed by atoms with Gasteiger partial charge in [0.2, 0.25) is 0 Å². The van der Waals surface area contributed by atoms with E-state index in [1.54, 1.807) is 0 Å². The summed E-state index contributed by atoms with van der Waals surface area (Å²) in [6, 6.07) is 9.01. The lowest BCUT2D eigenvalue weighted by Gasteiger charge is -2.18. The highest BCUT2D eigenvalue weighted by molar-refractivity contribution is 5.22. The van der Waals surface area contributed by atoms with E-state index in [-0.39, 0.29) is 0 Å². The Bertz CT molecular complexity index is 343. The molecule has 19 heavy (non-hydrogen) atoms. The summed E-state index contributed by atoms with van der Waals surface area (Å²) in [5, 5.41) is 3.44. The second-order valence-corrected chi connectivity index (χ2v) is 4.93. The van der Waals surface area contributed by atoms with Crippen LogP contribution in [0.1, 0.15) is 31.4 Å². The lowest BCUT2D eigenvalue weighted by molar-refractivity contribution is 0.311. The zero-order valence-electron chi connectivity index (χ0n) is 12.5. The first-order valence-electron chi connectivity index (χ1n) is 7.41. The maximum absolute atomic E-state index is 3.80. The molecule has 0 aromatic heterocycles. The minimum atomic E-state index is 0.958. The topological polar surface area (TPSA) is 15.3 Å². The van der Waals surface area contributed by atoms with Crippen molar-refractivity contribution in [2.75, 3.05) is 26.2 Å². The highest BCUT2D eigenvalue weighted by Crippen LogP contribution is 2.08. The van der Waals surface area contributed by atoms with Crippen LogP contribution < -0.4 is 5.32 Å². The van der Waals surface area contributed by atoms with E-state index in [4.69, 9.17) is 0 Å². The lowest BCUT2D eigenvalue weighted by atomic mass is 10.1. The van der Waals surface area contributed by atoms with Gasteiger partial charge in [-0.15, -0.1) is 6.58 Å². The standard InChI is InChI=1S/C17H28N2/c1-4-12-18-13-11-16-7-9-17(10-8-16)15-19(6-3)14-5-2/h5,7-10,18H,2,4,6,11-15H2,1,3H3. The molecule has 0 fully saturated rings. The summed E-state index contributed by atoms with van der Waals surface area (Å²) in [6.07, 6.45) is 4.29. The third kappa shape index (κ3) is 6.55. The lowest BCUT2D eigenvalue weighted by Crippen LogP contribution is -2.22. The third-order valence-electron chi connectivity index (χ3n) is 3.28. The van der Waals surface area contributed by atoms with Gasteiger partial charge in [0.25, 0.3) is 0 Å². The number of benzene rings is 1. The van der Waals surface area contributed by atoms with Crippen LogP contribution in [0.5, 0.6) is 0 Å². The maximum atomic E-state index is 3.80. The van der Waals surface area contributed by atoms with Crippen LogP contribution in [-0.2, 0) is 13.0 Å². The average molecular weight is 260 g/mol. The molecule has 0 aliphatic heterocycles. The van der Waals surface area contributed by atoms with Gasteiger partial charge in [-0.05, 0) is 43.6 Å². The van der Waals surface area contributed by atoms with Crippen LogP contribution in [0.4, 0.5) is 0 Å². The molecule has 2 nitrogen and oxygen atoms in total. The van der Waals surface area contributed by atoms with Gasteiger partial charge in [0.05, 0.1) is 0 Å². The highest BCUT2D eigenvalue weighted by atomic mass is 15.1. The summed E-state index contributed by atoms with van der Waals surface area (Å²) in [5.74, 6) is 0. The number of rotatable bonds is 10. The van der Waals surface area contributed by atoms with Crippen molar-refractivity contribution < 1.29 is 0 Å². The fraction of sp³-hybridized carbons (Fsp3) is 0.529. The summed E-state index contributed by atoms with van der Waals surface area (Å²) in [6.45, 7) is 13.4. The Hall–Kier alpha value is -1.12. The number of nitrogens with one attached hydrogen (secondary N) is 1. The van der Waals surface area contributed by atoms with E-state index in [0.29, 0.717) is 0 Å². The predicted molar refractivity (Wildman–Crippen MR) is 84.5 cm³/mol. The fourth-order valence-corrected chi connectivity index (χ4v) is 2.09. The predicted octanol–water partition coefficient (Wildman–Crippen LogP) is 3.24. The van der Waals surface area contributed by atoms with Gasteiger partial charge in [-0.1, -0.05) is 44.2 Å². The van der Waals surface area contributed by atoms with E-state index in [2.05, 4.69) is 54.9 Å². The minimum Gasteiger partial charge on any atom is -0.316 e. The largest absolute Gasteiger partial charge is 0.316 e. The van der Waals surface area contributed by atoms with Crippen molar-refractivity contribution in [1.82, 2.24) is 10.2 Å². The number of hydrogen-bond donors (Lipinski definition) is 1. The first kappa shape index (κ1) is 15.9. The van der Waals surface area contributed by atoms with Gasteiger partial charge in [0.15, 0.2) is 0 Å². The Balaban J connectivity index is 2.40. The summed E-state index contributed by atoms with van der Waals surface area (Å²) >= 11 is 0. The van der Waals surface area contributed by atoms with Crippen LogP contribution in [-0.4, -0.2) is 31.1 Å². The van der Waals surface area contributed by atoms with E-state index in [9.17, 15) is 0 Å². The zero-order chi connectivity index (χ0) is 13.9. The Morgan fingerprint density at radius 1 is 1.11 bits per heavy atom. The van der Waals surface area contributed by atoms with Gasteiger partial charge in [-0.3, -0.25) is 4.90 Å². The van der Waals surface area contributed by atoms with E-state index in [1.165, 1.54) is 17.5 Å². The number of likely N-dealkylation sites (N-methyl/N-ethyl adjacent to an activating group) is 1. The van der Waals surface area contributed by atoms with Crippen LogP contribution in [0.2, 0.25) is 0 Å². The molecule has 0 atom stereocenters. The zero-order valence-corrected chi connectivity index (χ0v) is 12.5. The van der Waals surface area contributed by atoms with Gasteiger partial charge >= 0.3 is 0 Å². The summed E-state index contributed by atoms with van der Waals surface area (Å²) in [4.78, 5) is 2.38. The molecule has 0 bridgehead atoms. The highest BCUT2D eigenvalue weighted by Gasteiger charge is 2.01. The molecule has 1 rings (SSSR count). The van der Waals surface area contributed by atoms with Crippen LogP contribution in [0.25, 0.3) is 0 Å². The maximum Gasteiger partial charge on any atom is 0.0236 e. The summed E-state index contributed by atoms with van der Waals surface area (Å²) in [7, 11) is 0. The Morgan fingerprint density at radius 3 is 2.37 bits per heavy atom. The molecule has 1 aromatic carbocycles. The smallest absolute Gasteiger partial charge is 0.0236 e. The van der Waals surface area contributed by atoms with Gasteiger partial charge in [-0.25, -0.2) is 0 Å². The number of hydrogen-bond acceptors (Lipinski definition) is 2. The van der Waals surface area contributed by atoms with Crippen molar-refractivity contribution in [3.8, 4) is 0 Å². The van der Waals surface area contributed by atoms with Crippen LogP contribution in [0, 0.1) is 0 Å². The van der Waals surface area contributed by atoms with E-state index in [1.807, 2.05) is 6.08 Å². The van der Waals surface area contributed by atoms with E-state index >= 15 is 0 Å². The second-order valence-electron chi connectivity index (χ2n) is 4.93. The van der Waals surface area contributed by atoms with Crippen LogP contribution in [0.15, 0.2) is 36.9 Å². The van der Waals surface area contributed by atoms with Gasteiger partial charge < -0.3 is 5.32 Å². The molecule has 0 unspecified atom stereocenters. The molecule has 0 radical (unpaired) electrons. The Morgan fingerprint density at radius 2 is 1.79 bits per heavy atom. The van der Waals surface area contributed by atoms with Crippen molar-refractivity contribution in [2.24, 2.45) is 0 Å². The molecular formula is C17H28N2. The Labute approximate surface area is 118 Å². The summed E-state index contributed by atoms with van der Waals surface area (Å²) < 4.78 is 0. The van der Waals surface area contributed by atoms with Crippen molar-refractivity contribution in [3.63, 3.8) is 0 Å². The normalized spacial score (nSPS) is 10.9. The molecule has 1 N–H and O–H groups in total. The average Bonchev–Trinajstić information content (AvgIpc) is 2.45. The molecule has 0 saturated heterocycles. The molecule has 2 heteroatoms. The molecule has 0 aliphatic rings. The molecule has 0 aliphatic carbocycles. The third-order valence-corrected chi connectivity index (χ3v) is 3.28. The number of nitrogens with zero attached hydrogens (tertiary/aromatic N) is 1. The van der Waals surface area contributed by atoms with E-state index < -0.39 is 0 Å². The van der Waals surface area contributed by atoms with E-state index in [0.717, 1.165) is 39.1 Å². The molecule has 1 aromatic rings.